The summed E-state index contributed by atoms with van der Waals surface area (Å²) in [5.74, 6) is 0.0874. The fourth-order valence-electron chi connectivity index (χ4n) is 5.38. The van der Waals surface area contributed by atoms with E-state index in [2.05, 4.69) is 12.1 Å². The number of allylic oxidation sites excluding steroid dienone is 2. The Morgan fingerprint density at radius 3 is 2.58 bits per heavy atom. The van der Waals surface area contributed by atoms with Crippen molar-refractivity contribution in [2.45, 2.75) is 46.0 Å². The van der Waals surface area contributed by atoms with Crippen molar-refractivity contribution in [2.24, 2.45) is 22.7 Å². The number of fused-ring (bicyclic) bond motifs is 1. The number of aliphatic imine (C=N–C) groups is 1. The molecule has 2 aromatic rings. The highest BCUT2D eigenvalue weighted by atomic mass is 35.5. The van der Waals surface area contributed by atoms with E-state index in [0.717, 1.165) is 16.8 Å². The van der Waals surface area contributed by atoms with E-state index in [9.17, 15) is 9.59 Å². The Morgan fingerprint density at radius 2 is 1.86 bits per heavy atom. The number of carbonyl (C=O) groups is 2. The Balaban J connectivity index is 1.53. The number of carbonyl (C=O) groups excluding carboxylic acids is 2. The first-order chi connectivity index (χ1) is 17.3. The van der Waals surface area contributed by atoms with Gasteiger partial charge in [-0.1, -0.05) is 55.8 Å². The van der Waals surface area contributed by atoms with Gasteiger partial charge in [0, 0.05) is 40.4 Å². The van der Waals surface area contributed by atoms with Gasteiger partial charge in [-0.25, -0.2) is 0 Å². The smallest absolute Gasteiger partial charge is 0.315 e. The summed E-state index contributed by atoms with van der Waals surface area (Å²) < 4.78 is 16.7. The van der Waals surface area contributed by atoms with Crippen molar-refractivity contribution in [1.82, 2.24) is 0 Å². The fourth-order valence-corrected chi connectivity index (χ4v) is 5.61. The van der Waals surface area contributed by atoms with E-state index in [0.29, 0.717) is 53.7 Å². The maximum atomic E-state index is 13.7. The van der Waals surface area contributed by atoms with Gasteiger partial charge in [0.05, 0.1) is 6.61 Å². The van der Waals surface area contributed by atoms with Crippen molar-refractivity contribution < 1.29 is 23.8 Å². The van der Waals surface area contributed by atoms with Crippen LogP contribution in [-0.2, 0) is 20.7 Å². The summed E-state index contributed by atoms with van der Waals surface area (Å²) >= 11 is 6.63. The number of esters is 1. The van der Waals surface area contributed by atoms with E-state index in [-0.39, 0.29) is 30.4 Å². The van der Waals surface area contributed by atoms with Crippen LogP contribution in [0.25, 0.3) is 0 Å². The van der Waals surface area contributed by atoms with Gasteiger partial charge in [0.2, 0.25) is 6.79 Å². The van der Waals surface area contributed by atoms with Crippen LogP contribution < -0.4 is 9.47 Å². The molecular formula is C29H30ClNO5. The minimum Gasteiger partial charge on any atom is -0.465 e. The van der Waals surface area contributed by atoms with Crippen molar-refractivity contribution in [2.75, 3.05) is 13.4 Å². The van der Waals surface area contributed by atoms with Crippen LogP contribution in [0.5, 0.6) is 11.5 Å². The van der Waals surface area contributed by atoms with Crippen LogP contribution in [0, 0.1) is 17.8 Å². The molecule has 2 aromatic carbocycles. The molecule has 0 fully saturated rings. The molecule has 0 radical (unpaired) electrons. The second-order valence-corrected chi connectivity index (χ2v) is 10.6. The van der Waals surface area contributed by atoms with E-state index in [4.69, 9.17) is 30.8 Å². The quantitative estimate of drug-likeness (QED) is 0.454. The topological polar surface area (TPSA) is 74.2 Å². The normalized spacial score (nSPS) is 23.0. The number of benzene rings is 2. The molecule has 0 saturated carbocycles. The summed E-state index contributed by atoms with van der Waals surface area (Å²) in [6.07, 6.45) is 1.43. The first-order valence-electron chi connectivity index (χ1n) is 12.4. The average Bonchev–Trinajstić information content (AvgIpc) is 3.30. The average molecular weight is 508 g/mol. The van der Waals surface area contributed by atoms with Crippen LogP contribution in [0.2, 0.25) is 5.02 Å². The van der Waals surface area contributed by atoms with Crippen LogP contribution in [0.1, 0.15) is 50.7 Å². The molecule has 0 bridgehead atoms. The molecule has 2 heterocycles. The molecule has 5 rings (SSSR count). The lowest BCUT2D eigenvalue weighted by atomic mass is 9.69. The molecule has 188 valence electrons. The summed E-state index contributed by atoms with van der Waals surface area (Å²) in [4.78, 5) is 31.8. The molecule has 36 heavy (non-hydrogen) atoms. The van der Waals surface area contributed by atoms with Crippen LogP contribution in [-0.4, -0.2) is 30.9 Å². The molecule has 6 nitrogen and oxygen atoms in total. The van der Waals surface area contributed by atoms with Gasteiger partial charge in [-0.05, 0) is 48.8 Å². The summed E-state index contributed by atoms with van der Waals surface area (Å²) in [5.41, 5.74) is 4.00. The first-order valence-corrected chi connectivity index (χ1v) is 12.8. The van der Waals surface area contributed by atoms with Gasteiger partial charge in [0.25, 0.3) is 0 Å². The number of ketones is 1. The third-order valence-corrected chi connectivity index (χ3v) is 7.43. The molecule has 0 spiro atoms. The molecule has 2 aliphatic heterocycles. The lowest BCUT2D eigenvalue weighted by molar-refractivity contribution is -0.148. The number of hydrogen-bond acceptors (Lipinski definition) is 6. The third kappa shape index (κ3) is 4.79. The van der Waals surface area contributed by atoms with E-state index in [1.165, 1.54) is 0 Å². The SMILES string of the molecule is CC1=NC2=C(C(=O)CC(c3ccccc3)C2)C(Cc2cc3c(cc2Cl)OCO3)C1C(=O)OCC(C)C. The van der Waals surface area contributed by atoms with Crippen molar-refractivity contribution in [3.8, 4) is 11.5 Å². The van der Waals surface area contributed by atoms with Crippen LogP contribution >= 0.6 is 11.6 Å². The molecule has 0 saturated heterocycles. The predicted octanol–water partition coefficient (Wildman–Crippen LogP) is 5.92. The molecule has 3 atom stereocenters. The van der Waals surface area contributed by atoms with Crippen molar-refractivity contribution in [1.29, 1.82) is 0 Å². The molecule has 1 aliphatic carbocycles. The zero-order valence-electron chi connectivity index (χ0n) is 20.8. The van der Waals surface area contributed by atoms with Crippen molar-refractivity contribution >= 4 is 29.1 Å². The predicted molar refractivity (Wildman–Crippen MR) is 138 cm³/mol. The molecule has 3 aliphatic rings. The number of Topliss-reactive ketones (excluding diaryl/α,β-unsaturated/α-hetero) is 1. The van der Waals surface area contributed by atoms with E-state index < -0.39 is 11.8 Å². The number of rotatable bonds is 6. The number of hydrogen-bond donors (Lipinski definition) is 0. The Kier molecular flexibility index (Phi) is 6.89. The first kappa shape index (κ1) is 24.6. The van der Waals surface area contributed by atoms with E-state index >= 15 is 0 Å². The summed E-state index contributed by atoms with van der Waals surface area (Å²) in [6.45, 7) is 6.30. The van der Waals surface area contributed by atoms with Gasteiger partial charge in [-0.3, -0.25) is 14.6 Å². The van der Waals surface area contributed by atoms with Gasteiger partial charge in [-0.15, -0.1) is 0 Å². The number of halogens is 1. The minimum absolute atomic E-state index is 0.0323. The lowest BCUT2D eigenvalue weighted by Crippen LogP contribution is -2.40. The monoisotopic (exact) mass is 507 g/mol. The molecule has 0 aromatic heterocycles. The second-order valence-electron chi connectivity index (χ2n) is 10.2. The van der Waals surface area contributed by atoms with Crippen molar-refractivity contribution in [3.05, 3.63) is 69.9 Å². The van der Waals surface area contributed by atoms with Gasteiger partial charge in [-0.2, -0.15) is 0 Å². The van der Waals surface area contributed by atoms with Gasteiger partial charge in [0.1, 0.15) is 5.92 Å². The second kappa shape index (κ2) is 10.1. The van der Waals surface area contributed by atoms with Gasteiger partial charge >= 0.3 is 5.97 Å². The van der Waals surface area contributed by atoms with Gasteiger partial charge in [0.15, 0.2) is 17.3 Å². The molecule has 0 N–H and O–H groups in total. The van der Waals surface area contributed by atoms with Gasteiger partial charge < -0.3 is 14.2 Å². The number of ether oxygens (including phenoxy) is 3. The van der Waals surface area contributed by atoms with E-state index in [1.54, 1.807) is 6.07 Å². The third-order valence-electron chi connectivity index (χ3n) is 7.08. The van der Waals surface area contributed by atoms with Crippen LogP contribution in [0.4, 0.5) is 0 Å². The lowest BCUT2D eigenvalue weighted by Gasteiger charge is -2.36. The van der Waals surface area contributed by atoms with Crippen LogP contribution in [0.3, 0.4) is 0 Å². The Labute approximate surface area is 216 Å². The Bertz CT molecular complexity index is 1250. The summed E-state index contributed by atoms with van der Waals surface area (Å²) in [5, 5.41) is 0.515. The summed E-state index contributed by atoms with van der Waals surface area (Å²) in [6, 6.07) is 13.6. The highest BCUT2D eigenvalue weighted by Crippen LogP contribution is 2.45. The number of nitrogens with zero attached hydrogens (tertiary/aromatic N) is 1. The standard InChI is InChI=1S/C29H30ClNO5/c1-16(2)14-34-29(33)27-17(3)31-23-10-19(18-7-5-4-6-8-18)11-24(32)28(23)21(27)9-20-12-25-26(13-22(20)30)36-15-35-25/h4-8,12-13,16,19,21,27H,9-11,14-15H2,1-3H3. The molecule has 0 amide bonds. The maximum Gasteiger partial charge on any atom is 0.315 e. The zero-order chi connectivity index (χ0) is 25.4. The highest BCUT2D eigenvalue weighted by Gasteiger charge is 2.44. The highest BCUT2D eigenvalue weighted by molar-refractivity contribution is 6.31. The molecule has 7 heteroatoms. The Morgan fingerprint density at radius 1 is 1.14 bits per heavy atom. The minimum atomic E-state index is -0.652. The molecular weight excluding hydrogens is 478 g/mol. The largest absolute Gasteiger partial charge is 0.465 e. The van der Waals surface area contributed by atoms with Crippen LogP contribution in [0.15, 0.2) is 58.7 Å². The Hall–Kier alpha value is -3.12. The fraction of sp³-hybridized carbons (Fsp3) is 0.414. The van der Waals surface area contributed by atoms with E-state index in [1.807, 2.05) is 45.0 Å². The zero-order valence-corrected chi connectivity index (χ0v) is 21.5. The maximum absolute atomic E-state index is 13.7. The van der Waals surface area contributed by atoms with Crippen molar-refractivity contribution in [3.63, 3.8) is 0 Å². The molecule has 3 unspecified atom stereocenters. The summed E-state index contributed by atoms with van der Waals surface area (Å²) in [7, 11) is 0.